The number of rotatable bonds is 7. The van der Waals surface area contributed by atoms with Crippen LogP contribution in [-0.2, 0) is 19.1 Å². The molecule has 100 valence electrons. The highest BCUT2D eigenvalue weighted by molar-refractivity contribution is 9.10. The summed E-state index contributed by atoms with van der Waals surface area (Å²) >= 11 is 3.22. The summed E-state index contributed by atoms with van der Waals surface area (Å²) in [4.78, 5) is 10.6. The lowest BCUT2D eigenvalue weighted by atomic mass is 10.2. The third kappa shape index (κ3) is 5.16. The maximum Gasteiger partial charge on any atom is 0.296 e. The maximum atomic E-state index is 11.7. The van der Waals surface area contributed by atoms with Crippen LogP contribution in [0.4, 0.5) is 0 Å². The zero-order valence-electron chi connectivity index (χ0n) is 9.63. The Balaban J connectivity index is 2.45. The third-order valence-electron chi connectivity index (χ3n) is 2.16. The summed E-state index contributed by atoms with van der Waals surface area (Å²) in [5, 5.41) is 0. The molecule has 0 saturated carbocycles. The fraction of sp³-hybridized carbons (Fsp3) is 0.364. The van der Waals surface area contributed by atoms with Crippen molar-refractivity contribution >= 4 is 32.0 Å². The molecular formula is C11H14BrNO4S. The number of benzene rings is 1. The Kier molecular flexibility index (Phi) is 5.77. The van der Waals surface area contributed by atoms with Gasteiger partial charge in [-0.2, -0.15) is 8.42 Å². The standard InChI is InChI=1S/C11H14BrNO4S/c12-9-4-6-10(7-5-9)18(15,16)17-8-2-1-3-11(13)14/h4-7H,1-3,8H2,(H2,13,14). The lowest BCUT2D eigenvalue weighted by Gasteiger charge is -2.05. The van der Waals surface area contributed by atoms with E-state index in [-0.39, 0.29) is 17.9 Å². The average Bonchev–Trinajstić information content (AvgIpc) is 2.28. The van der Waals surface area contributed by atoms with Gasteiger partial charge >= 0.3 is 0 Å². The molecule has 0 aliphatic carbocycles. The molecule has 7 heteroatoms. The van der Waals surface area contributed by atoms with Crippen LogP contribution in [0, 0.1) is 0 Å². The maximum absolute atomic E-state index is 11.7. The van der Waals surface area contributed by atoms with E-state index in [1.54, 1.807) is 12.1 Å². The molecule has 18 heavy (non-hydrogen) atoms. The Morgan fingerprint density at radius 2 is 1.83 bits per heavy atom. The van der Waals surface area contributed by atoms with E-state index in [4.69, 9.17) is 9.92 Å². The third-order valence-corrected chi connectivity index (χ3v) is 4.01. The van der Waals surface area contributed by atoms with Crippen molar-refractivity contribution in [3.05, 3.63) is 28.7 Å². The molecular weight excluding hydrogens is 322 g/mol. The van der Waals surface area contributed by atoms with Crippen LogP contribution in [0.1, 0.15) is 19.3 Å². The SMILES string of the molecule is NC(=O)CCCCOS(=O)(=O)c1ccc(Br)cc1. The topological polar surface area (TPSA) is 86.5 Å². The van der Waals surface area contributed by atoms with Gasteiger partial charge in [-0.1, -0.05) is 15.9 Å². The monoisotopic (exact) mass is 335 g/mol. The van der Waals surface area contributed by atoms with E-state index >= 15 is 0 Å². The molecule has 1 amide bonds. The van der Waals surface area contributed by atoms with Crippen molar-refractivity contribution in [3.8, 4) is 0 Å². The lowest BCUT2D eigenvalue weighted by molar-refractivity contribution is -0.118. The molecule has 0 saturated heterocycles. The number of carbonyl (C=O) groups excluding carboxylic acids is 1. The van der Waals surface area contributed by atoms with Crippen LogP contribution in [0.2, 0.25) is 0 Å². The van der Waals surface area contributed by atoms with E-state index in [9.17, 15) is 13.2 Å². The Morgan fingerprint density at radius 3 is 2.39 bits per heavy atom. The van der Waals surface area contributed by atoms with Crippen LogP contribution in [0.15, 0.2) is 33.6 Å². The second kappa shape index (κ2) is 6.86. The molecule has 0 unspecified atom stereocenters. The fourth-order valence-electron chi connectivity index (χ4n) is 1.24. The molecule has 1 aromatic rings. The van der Waals surface area contributed by atoms with E-state index < -0.39 is 16.0 Å². The van der Waals surface area contributed by atoms with E-state index in [2.05, 4.69) is 15.9 Å². The summed E-state index contributed by atoms with van der Waals surface area (Å²) in [7, 11) is -3.71. The van der Waals surface area contributed by atoms with Gasteiger partial charge in [-0.3, -0.25) is 8.98 Å². The van der Waals surface area contributed by atoms with Gasteiger partial charge in [0.15, 0.2) is 0 Å². The second-order valence-electron chi connectivity index (χ2n) is 3.65. The number of hydrogen-bond donors (Lipinski definition) is 1. The van der Waals surface area contributed by atoms with E-state index in [0.717, 1.165) is 4.47 Å². The smallest absolute Gasteiger partial charge is 0.296 e. The number of halogens is 1. The first-order valence-electron chi connectivity index (χ1n) is 5.35. The minimum atomic E-state index is -3.71. The largest absolute Gasteiger partial charge is 0.370 e. The van der Waals surface area contributed by atoms with Crippen molar-refractivity contribution in [1.29, 1.82) is 0 Å². The highest BCUT2D eigenvalue weighted by Crippen LogP contribution is 2.16. The molecule has 1 rings (SSSR count). The van der Waals surface area contributed by atoms with Gasteiger partial charge in [0.25, 0.3) is 10.1 Å². The molecule has 0 fully saturated rings. The number of hydrogen-bond acceptors (Lipinski definition) is 4. The van der Waals surface area contributed by atoms with Crippen molar-refractivity contribution in [1.82, 2.24) is 0 Å². The van der Waals surface area contributed by atoms with Gasteiger partial charge in [-0.25, -0.2) is 0 Å². The minimum absolute atomic E-state index is 0.0473. The Hall–Kier alpha value is -0.920. The summed E-state index contributed by atoms with van der Waals surface area (Å²) in [5.74, 6) is -0.397. The van der Waals surface area contributed by atoms with E-state index in [1.165, 1.54) is 12.1 Å². The van der Waals surface area contributed by atoms with Crippen molar-refractivity contribution < 1.29 is 17.4 Å². The molecule has 5 nitrogen and oxygen atoms in total. The average molecular weight is 336 g/mol. The van der Waals surface area contributed by atoms with Crippen molar-refractivity contribution in [3.63, 3.8) is 0 Å². The van der Waals surface area contributed by atoms with Crippen LogP contribution in [0.5, 0.6) is 0 Å². The molecule has 0 aromatic heterocycles. The van der Waals surface area contributed by atoms with Gasteiger partial charge in [0.1, 0.15) is 0 Å². The first-order chi connectivity index (χ1) is 8.42. The molecule has 0 bridgehead atoms. The number of carbonyl (C=O) groups is 1. The molecule has 0 atom stereocenters. The minimum Gasteiger partial charge on any atom is -0.370 e. The van der Waals surface area contributed by atoms with Crippen LogP contribution in [-0.4, -0.2) is 20.9 Å². The molecule has 1 aromatic carbocycles. The second-order valence-corrected chi connectivity index (χ2v) is 6.18. The number of unbranched alkanes of at least 4 members (excludes halogenated alkanes) is 1. The first kappa shape index (κ1) is 15.1. The molecule has 0 spiro atoms. The first-order valence-corrected chi connectivity index (χ1v) is 7.55. The molecule has 0 aliphatic rings. The zero-order valence-corrected chi connectivity index (χ0v) is 12.0. The van der Waals surface area contributed by atoms with E-state index in [1.807, 2.05) is 0 Å². The summed E-state index contributed by atoms with van der Waals surface area (Å²) < 4.78 is 29.1. The van der Waals surface area contributed by atoms with Gasteiger partial charge < -0.3 is 5.73 Å². The summed E-state index contributed by atoms with van der Waals surface area (Å²) in [5.41, 5.74) is 4.96. The summed E-state index contributed by atoms with van der Waals surface area (Å²) in [6.07, 6.45) is 1.23. The summed E-state index contributed by atoms with van der Waals surface area (Å²) in [6, 6.07) is 6.18. The molecule has 2 N–H and O–H groups in total. The highest BCUT2D eigenvalue weighted by Gasteiger charge is 2.14. The predicted octanol–water partition coefficient (Wildman–Crippen LogP) is 1.81. The predicted molar refractivity (Wildman–Crippen MR) is 70.3 cm³/mol. The highest BCUT2D eigenvalue weighted by atomic mass is 79.9. The van der Waals surface area contributed by atoms with Crippen LogP contribution in [0.3, 0.4) is 0 Å². The molecule has 0 aliphatic heterocycles. The quantitative estimate of drug-likeness (QED) is 0.608. The van der Waals surface area contributed by atoms with Crippen LogP contribution >= 0.6 is 15.9 Å². The van der Waals surface area contributed by atoms with Gasteiger partial charge in [0.2, 0.25) is 5.91 Å². The van der Waals surface area contributed by atoms with Gasteiger partial charge in [-0.15, -0.1) is 0 Å². The van der Waals surface area contributed by atoms with Gasteiger partial charge in [0, 0.05) is 10.9 Å². The van der Waals surface area contributed by atoms with Crippen molar-refractivity contribution in [2.75, 3.05) is 6.61 Å². The number of amides is 1. The van der Waals surface area contributed by atoms with Gasteiger partial charge in [-0.05, 0) is 37.1 Å². The van der Waals surface area contributed by atoms with Gasteiger partial charge in [0.05, 0.1) is 11.5 Å². The fourth-order valence-corrected chi connectivity index (χ4v) is 2.45. The Morgan fingerprint density at radius 1 is 1.22 bits per heavy atom. The molecule has 0 radical (unpaired) electrons. The zero-order chi connectivity index (χ0) is 13.6. The molecule has 0 heterocycles. The number of primary amides is 1. The normalized spacial score (nSPS) is 11.4. The van der Waals surface area contributed by atoms with Crippen LogP contribution < -0.4 is 5.73 Å². The Labute approximate surface area is 115 Å². The van der Waals surface area contributed by atoms with Crippen LogP contribution in [0.25, 0.3) is 0 Å². The van der Waals surface area contributed by atoms with E-state index in [0.29, 0.717) is 12.8 Å². The Bertz CT molecular complexity index is 498. The van der Waals surface area contributed by atoms with Crippen molar-refractivity contribution in [2.24, 2.45) is 5.73 Å². The summed E-state index contributed by atoms with van der Waals surface area (Å²) in [6.45, 7) is 0.0473. The lowest BCUT2D eigenvalue weighted by Crippen LogP contribution is -2.11. The number of nitrogens with two attached hydrogens (primary N) is 1. The van der Waals surface area contributed by atoms with Crippen molar-refractivity contribution in [2.45, 2.75) is 24.2 Å².